The number of hydrogen-bond donors (Lipinski definition) is 0. The lowest BCUT2D eigenvalue weighted by Gasteiger charge is -2.07. The summed E-state index contributed by atoms with van der Waals surface area (Å²) < 4.78 is 3.13. The molecule has 0 saturated carbocycles. The number of aliphatic imine (C=N–C) groups is 1. The van der Waals surface area contributed by atoms with Gasteiger partial charge in [-0.25, -0.2) is 4.99 Å². The standard InChI is InChI=1S/C10H11BrN2/c1-7-3-4-8(2)13(7)10-6-5-9(11)12-10/h3-5H,6H2,1-2H3. The molecule has 68 valence electrons. The van der Waals surface area contributed by atoms with Gasteiger partial charge in [0.05, 0.1) is 0 Å². The normalized spacial score (nSPS) is 15.9. The second-order valence-electron chi connectivity index (χ2n) is 3.21. The van der Waals surface area contributed by atoms with Gasteiger partial charge in [-0.3, -0.25) is 0 Å². The summed E-state index contributed by atoms with van der Waals surface area (Å²) in [6, 6.07) is 4.23. The molecule has 3 heteroatoms. The first-order valence-electron chi connectivity index (χ1n) is 4.27. The minimum atomic E-state index is 0.914. The Balaban J connectivity index is 2.43. The largest absolute Gasteiger partial charge is 0.306 e. The zero-order valence-electron chi connectivity index (χ0n) is 7.71. The monoisotopic (exact) mass is 238 g/mol. The van der Waals surface area contributed by atoms with E-state index in [1.54, 1.807) is 0 Å². The lowest BCUT2D eigenvalue weighted by atomic mass is 10.4. The molecule has 0 atom stereocenters. The van der Waals surface area contributed by atoms with Gasteiger partial charge in [0.15, 0.2) is 0 Å². The molecule has 0 aromatic carbocycles. The van der Waals surface area contributed by atoms with Crippen molar-refractivity contribution in [2.75, 3.05) is 0 Å². The minimum absolute atomic E-state index is 0.914. The Bertz CT molecular complexity index is 380. The van der Waals surface area contributed by atoms with Crippen molar-refractivity contribution in [1.29, 1.82) is 0 Å². The van der Waals surface area contributed by atoms with Crippen molar-refractivity contribution in [2.24, 2.45) is 4.99 Å². The lowest BCUT2D eigenvalue weighted by molar-refractivity contribution is 1.01. The van der Waals surface area contributed by atoms with Crippen molar-refractivity contribution >= 4 is 21.8 Å². The Morgan fingerprint density at radius 2 is 1.92 bits per heavy atom. The number of aromatic nitrogens is 1. The third kappa shape index (κ3) is 1.48. The highest BCUT2D eigenvalue weighted by molar-refractivity contribution is 9.11. The van der Waals surface area contributed by atoms with E-state index < -0.39 is 0 Å². The number of allylic oxidation sites excluding steroid dienone is 1. The van der Waals surface area contributed by atoms with E-state index in [0.29, 0.717) is 0 Å². The summed E-state index contributed by atoms with van der Waals surface area (Å²) in [6.45, 7) is 4.20. The molecule has 0 aliphatic carbocycles. The van der Waals surface area contributed by atoms with Crippen LogP contribution in [-0.4, -0.2) is 10.4 Å². The van der Waals surface area contributed by atoms with Gasteiger partial charge in [0.2, 0.25) is 0 Å². The molecule has 1 aliphatic rings. The number of hydrogen-bond acceptors (Lipinski definition) is 1. The van der Waals surface area contributed by atoms with E-state index in [9.17, 15) is 0 Å². The Kier molecular flexibility index (Phi) is 2.12. The third-order valence-corrected chi connectivity index (χ3v) is 2.72. The molecule has 2 heterocycles. The van der Waals surface area contributed by atoms with Gasteiger partial charge >= 0.3 is 0 Å². The average molecular weight is 239 g/mol. The van der Waals surface area contributed by atoms with Gasteiger partial charge in [-0.2, -0.15) is 0 Å². The first-order valence-corrected chi connectivity index (χ1v) is 5.06. The summed E-state index contributed by atoms with van der Waals surface area (Å²) in [5.41, 5.74) is 2.48. The number of nitrogens with zero attached hydrogens (tertiary/aromatic N) is 2. The molecular formula is C10H11BrN2. The lowest BCUT2D eigenvalue weighted by Crippen LogP contribution is -2.11. The molecule has 1 aromatic rings. The van der Waals surface area contributed by atoms with Crippen LogP contribution in [0.5, 0.6) is 0 Å². The van der Waals surface area contributed by atoms with Crippen molar-refractivity contribution in [3.8, 4) is 0 Å². The predicted octanol–water partition coefficient (Wildman–Crippen LogP) is 2.99. The molecule has 0 fully saturated rings. The summed E-state index contributed by atoms with van der Waals surface area (Å²) in [4.78, 5) is 4.41. The zero-order valence-corrected chi connectivity index (χ0v) is 9.30. The molecule has 0 radical (unpaired) electrons. The van der Waals surface area contributed by atoms with E-state index in [-0.39, 0.29) is 0 Å². The molecule has 1 aromatic heterocycles. The van der Waals surface area contributed by atoms with Crippen LogP contribution in [0.25, 0.3) is 0 Å². The second-order valence-corrected chi connectivity index (χ2v) is 4.02. The SMILES string of the molecule is Cc1ccc(C)n1C1=NC(Br)=CC1. The summed E-state index contributed by atoms with van der Waals surface area (Å²) >= 11 is 3.37. The van der Waals surface area contributed by atoms with Crippen LogP contribution in [0.1, 0.15) is 17.8 Å². The molecule has 0 spiro atoms. The van der Waals surface area contributed by atoms with Crippen LogP contribution in [0.2, 0.25) is 0 Å². The first kappa shape index (κ1) is 8.75. The van der Waals surface area contributed by atoms with Crippen molar-refractivity contribution in [3.05, 3.63) is 34.2 Å². The molecule has 2 nitrogen and oxygen atoms in total. The maximum Gasteiger partial charge on any atom is 0.118 e. The average Bonchev–Trinajstić information content (AvgIpc) is 2.60. The van der Waals surface area contributed by atoms with Gasteiger partial charge in [-0.1, -0.05) is 0 Å². The minimum Gasteiger partial charge on any atom is -0.306 e. The Morgan fingerprint density at radius 3 is 2.38 bits per heavy atom. The summed E-state index contributed by atoms with van der Waals surface area (Å²) in [7, 11) is 0. The van der Waals surface area contributed by atoms with E-state index >= 15 is 0 Å². The van der Waals surface area contributed by atoms with Gasteiger partial charge in [0.1, 0.15) is 10.4 Å². The molecular weight excluding hydrogens is 228 g/mol. The fourth-order valence-electron chi connectivity index (χ4n) is 1.61. The van der Waals surface area contributed by atoms with Crippen LogP contribution in [0.15, 0.2) is 27.8 Å². The zero-order chi connectivity index (χ0) is 9.42. The van der Waals surface area contributed by atoms with Crippen LogP contribution in [0.3, 0.4) is 0 Å². The first-order chi connectivity index (χ1) is 6.18. The number of halogens is 1. The molecule has 1 aliphatic heterocycles. The Morgan fingerprint density at radius 1 is 1.31 bits per heavy atom. The summed E-state index contributed by atoms with van der Waals surface area (Å²) in [5.74, 6) is 1.10. The van der Waals surface area contributed by atoms with Crippen molar-refractivity contribution in [1.82, 2.24) is 4.57 Å². The third-order valence-electron chi connectivity index (χ3n) is 2.22. The van der Waals surface area contributed by atoms with Gasteiger partial charge in [0, 0.05) is 17.8 Å². The van der Waals surface area contributed by atoms with E-state index in [1.807, 2.05) is 0 Å². The number of rotatable bonds is 0. The highest BCUT2D eigenvalue weighted by Crippen LogP contribution is 2.19. The van der Waals surface area contributed by atoms with Crippen molar-refractivity contribution in [2.45, 2.75) is 20.3 Å². The smallest absolute Gasteiger partial charge is 0.118 e. The molecule has 0 amide bonds. The topological polar surface area (TPSA) is 17.3 Å². The second kappa shape index (κ2) is 3.14. The Hall–Kier alpha value is -0.830. The van der Waals surface area contributed by atoms with E-state index in [0.717, 1.165) is 16.9 Å². The fourth-order valence-corrected chi connectivity index (χ4v) is 1.97. The van der Waals surface area contributed by atoms with Crippen molar-refractivity contribution < 1.29 is 0 Å². The summed E-state index contributed by atoms with van der Waals surface area (Å²) in [5, 5.41) is 0. The fraction of sp³-hybridized carbons (Fsp3) is 0.300. The van der Waals surface area contributed by atoms with E-state index in [4.69, 9.17) is 0 Å². The quantitative estimate of drug-likeness (QED) is 0.619. The highest BCUT2D eigenvalue weighted by Gasteiger charge is 2.11. The van der Waals surface area contributed by atoms with E-state index in [1.165, 1.54) is 11.4 Å². The predicted molar refractivity (Wildman–Crippen MR) is 58.4 cm³/mol. The van der Waals surface area contributed by atoms with Gasteiger partial charge in [0.25, 0.3) is 0 Å². The van der Waals surface area contributed by atoms with Gasteiger partial charge in [-0.15, -0.1) is 0 Å². The maximum atomic E-state index is 4.41. The van der Waals surface area contributed by atoms with Crippen molar-refractivity contribution in [3.63, 3.8) is 0 Å². The van der Waals surface area contributed by atoms with Gasteiger partial charge < -0.3 is 4.57 Å². The molecule has 0 bridgehead atoms. The van der Waals surface area contributed by atoms with Crippen LogP contribution in [0, 0.1) is 13.8 Å². The molecule has 0 saturated heterocycles. The van der Waals surface area contributed by atoms with Gasteiger partial charge in [-0.05, 0) is 48.0 Å². The van der Waals surface area contributed by atoms with Crippen LogP contribution in [0.4, 0.5) is 0 Å². The van der Waals surface area contributed by atoms with Crippen LogP contribution < -0.4 is 0 Å². The Labute approximate surface area is 86.1 Å². The molecule has 0 N–H and O–H groups in total. The number of aryl methyl sites for hydroxylation is 2. The molecule has 0 unspecified atom stereocenters. The molecule has 2 rings (SSSR count). The molecule has 13 heavy (non-hydrogen) atoms. The highest BCUT2D eigenvalue weighted by atomic mass is 79.9. The van der Waals surface area contributed by atoms with E-state index in [2.05, 4.69) is 57.5 Å². The maximum absolute atomic E-state index is 4.41. The summed E-state index contributed by atoms with van der Waals surface area (Å²) in [6.07, 6.45) is 2.99. The van der Waals surface area contributed by atoms with Crippen LogP contribution >= 0.6 is 15.9 Å². The van der Waals surface area contributed by atoms with Crippen LogP contribution in [-0.2, 0) is 0 Å².